The van der Waals surface area contributed by atoms with Crippen molar-refractivity contribution < 1.29 is 5.21 Å². The molecule has 0 radical (unpaired) electrons. The Kier molecular flexibility index (Phi) is 4.99. The molecule has 2 aliphatic rings. The van der Waals surface area contributed by atoms with Crippen LogP contribution in [-0.4, -0.2) is 42.3 Å². The average Bonchev–Trinajstić information content (AvgIpc) is 2.81. The van der Waals surface area contributed by atoms with E-state index in [4.69, 9.17) is 0 Å². The molecule has 1 aliphatic carbocycles. The topological polar surface area (TPSA) is 38.7 Å². The number of para-hydroxylation sites is 2. The third-order valence-electron chi connectivity index (χ3n) is 4.99. The van der Waals surface area contributed by atoms with Crippen molar-refractivity contribution in [3.63, 3.8) is 0 Å². The molecule has 2 N–H and O–H groups in total. The predicted octanol–water partition coefficient (Wildman–Crippen LogP) is 3.33. The Morgan fingerprint density at radius 1 is 0.905 bits per heavy atom. The van der Waals surface area contributed by atoms with Crippen LogP contribution in [0.15, 0.2) is 24.3 Å². The quantitative estimate of drug-likeness (QED) is 0.837. The zero-order valence-electron chi connectivity index (χ0n) is 12.8. The lowest BCUT2D eigenvalue weighted by atomic mass is 9.94. The van der Waals surface area contributed by atoms with E-state index in [1.807, 2.05) is 18.2 Å². The Hall–Kier alpha value is -1.26. The van der Waals surface area contributed by atoms with Crippen LogP contribution in [0.2, 0.25) is 0 Å². The highest BCUT2D eigenvalue weighted by molar-refractivity contribution is 5.69. The molecule has 1 aromatic rings. The van der Waals surface area contributed by atoms with Crippen molar-refractivity contribution in [1.29, 1.82) is 0 Å². The first-order chi connectivity index (χ1) is 10.4. The summed E-state index contributed by atoms with van der Waals surface area (Å²) in [5.74, 6) is 0. The molecule has 3 rings (SSSR count). The van der Waals surface area contributed by atoms with E-state index >= 15 is 0 Å². The lowest BCUT2D eigenvalue weighted by Crippen LogP contribution is -2.39. The number of nitrogens with one attached hydrogen (secondary N) is 1. The molecule has 1 aliphatic heterocycles. The van der Waals surface area contributed by atoms with Gasteiger partial charge in [-0.05, 0) is 31.4 Å². The van der Waals surface area contributed by atoms with E-state index in [1.54, 1.807) is 0 Å². The average molecular weight is 289 g/mol. The summed E-state index contributed by atoms with van der Waals surface area (Å²) in [6, 6.07) is 8.83. The highest BCUT2D eigenvalue weighted by Crippen LogP contribution is 2.28. The predicted molar refractivity (Wildman–Crippen MR) is 87.1 cm³/mol. The molecule has 4 nitrogen and oxygen atoms in total. The summed E-state index contributed by atoms with van der Waals surface area (Å²) in [6.07, 6.45) is 8.20. The molecule has 1 saturated heterocycles. The Labute approximate surface area is 127 Å². The van der Waals surface area contributed by atoms with Gasteiger partial charge in [-0.1, -0.05) is 31.4 Å². The van der Waals surface area contributed by atoms with Crippen LogP contribution in [-0.2, 0) is 0 Å². The fourth-order valence-corrected chi connectivity index (χ4v) is 3.83. The smallest absolute Gasteiger partial charge is 0.0835 e. The van der Waals surface area contributed by atoms with Crippen molar-refractivity contribution in [2.45, 2.75) is 44.6 Å². The second-order valence-corrected chi connectivity index (χ2v) is 6.30. The van der Waals surface area contributed by atoms with Gasteiger partial charge in [-0.25, -0.2) is 0 Å². The fraction of sp³-hybridized carbons (Fsp3) is 0.647. The van der Waals surface area contributed by atoms with Crippen molar-refractivity contribution in [1.82, 2.24) is 4.90 Å². The largest absolute Gasteiger partial charge is 0.368 e. The normalized spacial score (nSPS) is 22.0. The van der Waals surface area contributed by atoms with Crippen molar-refractivity contribution >= 4 is 11.4 Å². The van der Waals surface area contributed by atoms with Crippen LogP contribution in [0.25, 0.3) is 0 Å². The molecule has 0 bridgehead atoms. The van der Waals surface area contributed by atoms with Crippen LogP contribution < -0.4 is 10.4 Å². The second-order valence-electron chi connectivity index (χ2n) is 6.30. The van der Waals surface area contributed by atoms with Gasteiger partial charge in [0.1, 0.15) is 0 Å². The monoisotopic (exact) mass is 289 g/mol. The number of hydrogen-bond acceptors (Lipinski definition) is 4. The Balaban J connectivity index is 1.65. The van der Waals surface area contributed by atoms with Gasteiger partial charge in [0.05, 0.1) is 11.4 Å². The molecular formula is C17H27N3O. The van der Waals surface area contributed by atoms with Gasteiger partial charge in [-0.3, -0.25) is 15.6 Å². The molecule has 4 heteroatoms. The lowest BCUT2D eigenvalue weighted by molar-refractivity contribution is 0.166. The second kappa shape index (κ2) is 7.14. The van der Waals surface area contributed by atoms with E-state index in [1.165, 1.54) is 45.1 Å². The maximum absolute atomic E-state index is 9.29. The molecule has 1 heterocycles. The van der Waals surface area contributed by atoms with Gasteiger partial charge < -0.3 is 4.90 Å². The van der Waals surface area contributed by atoms with Gasteiger partial charge in [0, 0.05) is 32.2 Å². The van der Waals surface area contributed by atoms with Crippen LogP contribution >= 0.6 is 0 Å². The molecule has 1 aromatic carbocycles. The summed E-state index contributed by atoms with van der Waals surface area (Å²) < 4.78 is 0. The van der Waals surface area contributed by atoms with E-state index in [9.17, 15) is 5.21 Å². The SMILES string of the molecule is ONc1ccccc1N1CCCN(C2CCCCC2)CC1. The summed E-state index contributed by atoms with van der Waals surface area (Å²) in [6.45, 7) is 4.48. The summed E-state index contributed by atoms with van der Waals surface area (Å²) in [4.78, 5) is 5.11. The van der Waals surface area contributed by atoms with Gasteiger partial charge in [0.15, 0.2) is 0 Å². The van der Waals surface area contributed by atoms with Crippen molar-refractivity contribution in [3.05, 3.63) is 24.3 Å². The highest BCUT2D eigenvalue weighted by atomic mass is 16.5. The van der Waals surface area contributed by atoms with Crippen LogP contribution in [0.1, 0.15) is 38.5 Å². The molecule has 0 aromatic heterocycles. The van der Waals surface area contributed by atoms with Crippen molar-refractivity contribution in [3.8, 4) is 0 Å². The fourth-order valence-electron chi connectivity index (χ4n) is 3.83. The number of anilines is 2. The number of benzene rings is 1. The van der Waals surface area contributed by atoms with Gasteiger partial charge >= 0.3 is 0 Å². The summed E-state index contributed by atoms with van der Waals surface area (Å²) >= 11 is 0. The number of hydrogen-bond donors (Lipinski definition) is 2. The molecule has 0 amide bonds. The van der Waals surface area contributed by atoms with E-state index in [0.717, 1.165) is 37.1 Å². The minimum absolute atomic E-state index is 0.809. The van der Waals surface area contributed by atoms with Gasteiger partial charge in [0.25, 0.3) is 0 Å². The summed E-state index contributed by atoms with van der Waals surface area (Å²) in [5.41, 5.74) is 4.26. The highest BCUT2D eigenvalue weighted by Gasteiger charge is 2.24. The molecule has 0 atom stereocenters. The van der Waals surface area contributed by atoms with E-state index in [2.05, 4.69) is 21.3 Å². The third kappa shape index (κ3) is 3.50. The molecule has 1 saturated carbocycles. The van der Waals surface area contributed by atoms with Gasteiger partial charge in [-0.2, -0.15) is 0 Å². The summed E-state index contributed by atoms with van der Waals surface area (Å²) in [7, 11) is 0. The first kappa shape index (κ1) is 14.7. The van der Waals surface area contributed by atoms with Crippen LogP contribution in [0.3, 0.4) is 0 Å². The van der Waals surface area contributed by atoms with Crippen molar-refractivity contribution in [2.24, 2.45) is 0 Å². The van der Waals surface area contributed by atoms with E-state index in [-0.39, 0.29) is 0 Å². The van der Waals surface area contributed by atoms with Crippen LogP contribution in [0.5, 0.6) is 0 Å². The third-order valence-corrected chi connectivity index (χ3v) is 4.99. The maximum atomic E-state index is 9.29. The minimum atomic E-state index is 0.809. The van der Waals surface area contributed by atoms with Crippen LogP contribution in [0, 0.1) is 0 Å². The van der Waals surface area contributed by atoms with Crippen molar-refractivity contribution in [2.75, 3.05) is 36.6 Å². The zero-order chi connectivity index (χ0) is 14.5. The molecule has 116 valence electrons. The van der Waals surface area contributed by atoms with E-state index in [0.29, 0.717) is 0 Å². The molecule has 0 spiro atoms. The minimum Gasteiger partial charge on any atom is -0.368 e. The van der Waals surface area contributed by atoms with E-state index < -0.39 is 0 Å². The maximum Gasteiger partial charge on any atom is 0.0835 e. The Morgan fingerprint density at radius 3 is 2.52 bits per heavy atom. The number of nitrogens with zero attached hydrogens (tertiary/aromatic N) is 2. The number of rotatable bonds is 3. The Bertz CT molecular complexity index is 445. The summed E-state index contributed by atoms with van der Waals surface area (Å²) in [5, 5.41) is 9.29. The van der Waals surface area contributed by atoms with Gasteiger partial charge in [-0.15, -0.1) is 0 Å². The standard InChI is InChI=1S/C17H27N3O/c21-18-16-9-4-5-10-17(16)20-12-6-11-19(13-14-20)15-7-2-1-3-8-15/h4-5,9-10,15,18,21H,1-3,6-8,11-14H2. The molecule has 0 unspecified atom stereocenters. The molecule has 21 heavy (non-hydrogen) atoms. The molecular weight excluding hydrogens is 262 g/mol. The van der Waals surface area contributed by atoms with Gasteiger partial charge in [0.2, 0.25) is 0 Å². The zero-order valence-corrected chi connectivity index (χ0v) is 12.8. The Morgan fingerprint density at radius 2 is 1.71 bits per heavy atom. The molecule has 2 fully saturated rings. The first-order valence-corrected chi connectivity index (χ1v) is 8.36. The first-order valence-electron chi connectivity index (χ1n) is 8.36. The van der Waals surface area contributed by atoms with Crippen LogP contribution in [0.4, 0.5) is 11.4 Å². The lowest BCUT2D eigenvalue weighted by Gasteiger charge is -2.33.